The molecule has 202 valence electrons. The van der Waals surface area contributed by atoms with E-state index in [2.05, 4.69) is 21.4 Å². The first-order valence-corrected chi connectivity index (χ1v) is 13.0. The van der Waals surface area contributed by atoms with Crippen molar-refractivity contribution in [2.75, 3.05) is 44.7 Å². The molecule has 1 aliphatic rings. The molecule has 1 fully saturated rings. The molecule has 1 unspecified atom stereocenters. The van der Waals surface area contributed by atoms with Gasteiger partial charge in [0.25, 0.3) is 0 Å². The van der Waals surface area contributed by atoms with Crippen molar-refractivity contribution >= 4 is 29.0 Å². The van der Waals surface area contributed by atoms with Crippen LogP contribution in [0.25, 0.3) is 22.2 Å². The van der Waals surface area contributed by atoms with Gasteiger partial charge in [0.05, 0.1) is 29.8 Å². The van der Waals surface area contributed by atoms with E-state index in [1.54, 1.807) is 30.2 Å². The van der Waals surface area contributed by atoms with Crippen LogP contribution in [0.3, 0.4) is 0 Å². The normalized spacial score (nSPS) is 14.6. The van der Waals surface area contributed by atoms with Crippen molar-refractivity contribution < 1.29 is 9.90 Å². The highest BCUT2D eigenvalue weighted by Crippen LogP contribution is 2.31. The van der Waals surface area contributed by atoms with Crippen LogP contribution in [-0.2, 0) is 4.79 Å². The Balaban J connectivity index is 1.36. The molecule has 1 aromatic carbocycles. The predicted octanol–water partition coefficient (Wildman–Crippen LogP) is 2.90. The number of anilines is 1. The largest absolute Gasteiger partial charge is 0.395 e. The molecule has 4 heterocycles. The monoisotopic (exact) mass is 534 g/mol. The fraction of sp³-hybridized carbons (Fsp3) is 0.233. The number of nitriles is 1. The highest BCUT2D eigenvalue weighted by atomic mass is 16.3. The minimum absolute atomic E-state index is 0.0636. The Hall–Kier alpha value is -5.01. The maximum atomic E-state index is 13.1. The summed E-state index contributed by atoms with van der Waals surface area (Å²) in [5.41, 5.74) is 5.02. The third-order valence-electron chi connectivity index (χ3n) is 7.18. The van der Waals surface area contributed by atoms with E-state index < -0.39 is 5.92 Å². The Bertz CT molecular complexity index is 1580. The van der Waals surface area contributed by atoms with E-state index in [4.69, 9.17) is 10.4 Å². The minimum atomic E-state index is -0.560. The number of fused-ring (bicyclic) bond motifs is 1. The molecule has 5 rings (SSSR count). The van der Waals surface area contributed by atoms with E-state index in [0.717, 1.165) is 28.1 Å². The van der Waals surface area contributed by atoms with E-state index in [9.17, 15) is 15.2 Å². The van der Waals surface area contributed by atoms with Crippen molar-refractivity contribution in [3.63, 3.8) is 0 Å². The molecule has 1 saturated heterocycles. The van der Waals surface area contributed by atoms with Crippen molar-refractivity contribution in [3.05, 3.63) is 90.0 Å². The van der Waals surface area contributed by atoms with Crippen LogP contribution in [-0.4, -0.2) is 76.6 Å². The summed E-state index contributed by atoms with van der Waals surface area (Å²) >= 11 is 0. The molecule has 4 aromatic rings. The summed E-state index contributed by atoms with van der Waals surface area (Å²) in [7, 11) is 1.78. The summed E-state index contributed by atoms with van der Waals surface area (Å²) < 4.78 is 1.66. The minimum Gasteiger partial charge on any atom is -0.395 e. The molecule has 0 aliphatic carbocycles. The number of hydrogen-bond donors (Lipinski definition) is 3. The molecule has 1 aliphatic heterocycles. The van der Waals surface area contributed by atoms with Crippen LogP contribution < -0.4 is 10.2 Å². The van der Waals surface area contributed by atoms with Crippen LogP contribution in [0.15, 0.2) is 73.3 Å². The molecule has 3 aromatic heterocycles. The lowest BCUT2D eigenvalue weighted by molar-refractivity contribution is -0.134. The fourth-order valence-electron chi connectivity index (χ4n) is 5.07. The molecule has 0 saturated carbocycles. The number of aromatic nitrogens is 3. The number of nitrogens with one attached hydrogen (secondary N) is 2. The second kappa shape index (κ2) is 11.8. The van der Waals surface area contributed by atoms with E-state index in [1.165, 1.54) is 12.4 Å². The third-order valence-corrected chi connectivity index (χ3v) is 7.18. The van der Waals surface area contributed by atoms with E-state index in [-0.39, 0.29) is 12.5 Å². The third kappa shape index (κ3) is 5.15. The van der Waals surface area contributed by atoms with Gasteiger partial charge in [-0.1, -0.05) is 30.3 Å². The fourth-order valence-corrected chi connectivity index (χ4v) is 5.07. The van der Waals surface area contributed by atoms with Crippen molar-refractivity contribution in [2.24, 2.45) is 0 Å². The molecule has 0 spiro atoms. The van der Waals surface area contributed by atoms with Crippen LogP contribution >= 0.6 is 0 Å². The Morgan fingerprint density at radius 1 is 1.18 bits per heavy atom. The molecule has 10 heteroatoms. The lowest BCUT2D eigenvalue weighted by Crippen LogP contribution is -2.50. The topological polar surface area (TPSA) is 134 Å². The van der Waals surface area contributed by atoms with E-state index in [1.807, 2.05) is 53.4 Å². The summed E-state index contributed by atoms with van der Waals surface area (Å²) in [5.74, 6) is 0.177. The average molecular weight is 535 g/mol. The van der Waals surface area contributed by atoms with Gasteiger partial charge in [-0.3, -0.25) is 4.79 Å². The number of rotatable bonds is 8. The van der Waals surface area contributed by atoms with Crippen LogP contribution in [0.4, 0.5) is 5.82 Å². The number of aliphatic hydroxyl groups is 1. The van der Waals surface area contributed by atoms with Gasteiger partial charge in [0, 0.05) is 80.3 Å². The van der Waals surface area contributed by atoms with Crippen molar-refractivity contribution in [1.82, 2.24) is 24.8 Å². The van der Waals surface area contributed by atoms with Gasteiger partial charge in [0.2, 0.25) is 5.91 Å². The summed E-state index contributed by atoms with van der Waals surface area (Å²) in [6.07, 6.45) is 8.13. The highest BCUT2D eigenvalue weighted by Gasteiger charge is 2.28. The first kappa shape index (κ1) is 26.6. The van der Waals surface area contributed by atoms with Gasteiger partial charge >= 0.3 is 0 Å². The van der Waals surface area contributed by atoms with Crippen molar-refractivity contribution in [2.45, 2.75) is 5.92 Å². The number of amides is 1. The zero-order valence-corrected chi connectivity index (χ0v) is 22.2. The molecule has 0 radical (unpaired) electrons. The Morgan fingerprint density at radius 3 is 2.58 bits per heavy atom. The van der Waals surface area contributed by atoms with Crippen LogP contribution in [0.5, 0.6) is 0 Å². The summed E-state index contributed by atoms with van der Waals surface area (Å²) in [5, 5.41) is 34.7. The molecule has 1 atom stereocenters. The molecule has 3 N–H and O–H groups in total. The number of nitrogens with zero attached hydrogens (tertiary/aromatic N) is 6. The SMILES string of the molecule is CN/C=C(\C=N)c1cc(-c2ccc(N3CCN(C(=O)C(CO)c4ccccc4)CC3)nc2)c2c(C#N)cnn2c1. The standard InChI is InChI=1S/C30H30N8O2/c1-33-16-24(14-31)23-13-26(29-25(15-32)18-35-38(29)19-23)22-7-8-28(34-17-22)36-9-11-37(12-10-36)30(40)27(20-39)21-5-3-2-4-6-21/h2-8,13-14,16-19,27,31,33,39H,9-12,20H2,1H3/b24-16+,31-14?. The number of pyridine rings is 2. The highest BCUT2D eigenvalue weighted by molar-refractivity contribution is 6.08. The molecule has 0 bridgehead atoms. The summed E-state index contributed by atoms with van der Waals surface area (Å²) in [6, 6.07) is 17.5. The van der Waals surface area contributed by atoms with Gasteiger partial charge in [-0.25, -0.2) is 9.50 Å². The van der Waals surface area contributed by atoms with Gasteiger partial charge < -0.3 is 25.6 Å². The maximum absolute atomic E-state index is 13.1. The van der Waals surface area contributed by atoms with E-state index in [0.29, 0.717) is 42.8 Å². The number of allylic oxidation sites excluding steroid dienone is 1. The van der Waals surface area contributed by atoms with Gasteiger partial charge in [0.15, 0.2) is 0 Å². The van der Waals surface area contributed by atoms with Crippen molar-refractivity contribution in [1.29, 1.82) is 10.7 Å². The second-order valence-corrected chi connectivity index (χ2v) is 9.50. The summed E-state index contributed by atoms with van der Waals surface area (Å²) in [4.78, 5) is 21.8. The van der Waals surface area contributed by atoms with E-state index >= 15 is 0 Å². The predicted molar refractivity (Wildman–Crippen MR) is 154 cm³/mol. The average Bonchev–Trinajstić information content (AvgIpc) is 3.44. The Kier molecular flexibility index (Phi) is 7.84. The Labute approximate surface area is 232 Å². The smallest absolute Gasteiger partial charge is 0.232 e. The van der Waals surface area contributed by atoms with Crippen LogP contribution in [0.2, 0.25) is 0 Å². The number of hydrogen-bond acceptors (Lipinski definition) is 8. The zero-order valence-electron chi connectivity index (χ0n) is 22.2. The number of benzene rings is 1. The first-order chi connectivity index (χ1) is 19.6. The second-order valence-electron chi connectivity index (χ2n) is 9.50. The van der Waals surface area contributed by atoms with Crippen molar-refractivity contribution in [3.8, 4) is 17.2 Å². The van der Waals surface area contributed by atoms with Gasteiger partial charge in [-0.05, 0) is 23.8 Å². The lowest BCUT2D eigenvalue weighted by atomic mass is 9.98. The van der Waals surface area contributed by atoms with Gasteiger partial charge in [-0.15, -0.1) is 0 Å². The number of carbonyl (C=O) groups excluding carboxylic acids is 1. The van der Waals surface area contributed by atoms with Gasteiger partial charge in [0.1, 0.15) is 11.9 Å². The number of carbonyl (C=O) groups is 1. The Morgan fingerprint density at radius 2 is 1.95 bits per heavy atom. The summed E-state index contributed by atoms with van der Waals surface area (Å²) in [6.45, 7) is 2.11. The molecule has 10 nitrogen and oxygen atoms in total. The molecule has 1 amide bonds. The first-order valence-electron chi connectivity index (χ1n) is 13.0. The van der Waals surface area contributed by atoms with Crippen LogP contribution in [0.1, 0.15) is 22.6 Å². The number of aliphatic hydroxyl groups excluding tert-OH is 1. The zero-order chi connectivity index (χ0) is 28.1. The van der Waals surface area contributed by atoms with Gasteiger partial charge in [-0.2, -0.15) is 10.4 Å². The number of piperazine rings is 1. The lowest BCUT2D eigenvalue weighted by Gasteiger charge is -2.37. The molecular formula is C30H30N8O2. The quantitative estimate of drug-likeness (QED) is 0.296. The maximum Gasteiger partial charge on any atom is 0.232 e. The molecular weight excluding hydrogens is 504 g/mol. The molecule has 40 heavy (non-hydrogen) atoms. The van der Waals surface area contributed by atoms with Crippen LogP contribution in [0, 0.1) is 16.7 Å².